The van der Waals surface area contributed by atoms with Gasteiger partial charge in [-0.15, -0.1) is 0 Å². The lowest BCUT2D eigenvalue weighted by Gasteiger charge is -2.34. The van der Waals surface area contributed by atoms with Crippen molar-refractivity contribution in [3.8, 4) is 0 Å². The van der Waals surface area contributed by atoms with E-state index in [0.29, 0.717) is 30.3 Å². The molecule has 0 radical (unpaired) electrons. The van der Waals surface area contributed by atoms with E-state index in [1.54, 1.807) is 4.90 Å². The SMILES string of the molecule is O=C1CC(C(=O)N2CCc3[nH]nc(C4CCC4)c3C2)c2cc(F)ccc2N1. The number of fused-ring (bicyclic) bond motifs is 2. The topological polar surface area (TPSA) is 78.1 Å². The zero-order chi connectivity index (χ0) is 18.5. The van der Waals surface area contributed by atoms with Gasteiger partial charge in [0.2, 0.25) is 11.8 Å². The number of benzene rings is 1. The quantitative estimate of drug-likeness (QED) is 0.856. The van der Waals surface area contributed by atoms with E-state index in [4.69, 9.17) is 0 Å². The molecular weight excluding hydrogens is 347 g/mol. The summed E-state index contributed by atoms with van der Waals surface area (Å²) in [5, 5.41) is 10.4. The van der Waals surface area contributed by atoms with Crippen LogP contribution in [0.2, 0.25) is 0 Å². The highest BCUT2D eigenvalue weighted by atomic mass is 19.1. The fraction of sp³-hybridized carbons (Fsp3) is 0.450. The molecule has 5 rings (SSSR count). The van der Waals surface area contributed by atoms with Crippen LogP contribution in [-0.4, -0.2) is 33.5 Å². The molecule has 1 aliphatic carbocycles. The number of nitrogens with one attached hydrogen (secondary N) is 2. The molecule has 0 bridgehead atoms. The van der Waals surface area contributed by atoms with E-state index in [9.17, 15) is 14.0 Å². The lowest BCUT2D eigenvalue weighted by atomic mass is 9.80. The van der Waals surface area contributed by atoms with Gasteiger partial charge >= 0.3 is 0 Å². The average molecular weight is 368 g/mol. The van der Waals surface area contributed by atoms with Crippen LogP contribution in [0.3, 0.4) is 0 Å². The first-order valence-electron chi connectivity index (χ1n) is 9.54. The second-order valence-corrected chi connectivity index (χ2v) is 7.74. The molecular formula is C20H21FN4O2. The fourth-order valence-electron chi connectivity index (χ4n) is 4.40. The minimum Gasteiger partial charge on any atom is -0.337 e. The molecule has 2 aromatic rings. The first-order valence-corrected chi connectivity index (χ1v) is 9.54. The summed E-state index contributed by atoms with van der Waals surface area (Å²) in [5.74, 6) is -0.849. The predicted molar refractivity (Wildman–Crippen MR) is 96.7 cm³/mol. The number of anilines is 1. The summed E-state index contributed by atoms with van der Waals surface area (Å²) in [6.07, 6.45) is 4.32. The summed E-state index contributed by atoms with van der Waals surface area (Å²) < 4.78 is 13.8. The number of carbonyl (C=O) groups is 2. The summed E-state index contributed by atoms with van der Waals surface area (Å²) in [4.78, 5) is 27.1. The molecule has 3 aliphatic rings. The van der Waals surface area contributed by atoms with Crippen molar-refractivity contribution in [3.63, 3.8) is 0 Å². The zero-order valence-corrected chi connectivity index (χ0v) is 14.9. The van der Waals surface area contributed by atoms with Gasteiger partial charge in [0.25, 0.3) is 0 Å². The van der Waals surface area contributed by atoms with Crippen LogP contribution >= 0.6 is 0 Å². The predicted octanol–water partition coefficient (Wildman–Crippen LogP) is 2.83. The van der Waals surface area contributed by atoms with E-state index in [1.807, 2.05) is 0 Å². The van der Waals surface area contributed by atoms with E-state index in [2.05, 4.69) is 15.5 Å². The van der Waals surface area contributed by atoms with Gasteiger partial charge in [0, 0.05) is 48.8 Å². The number of aromatic nitrogens is 2. The van der Waals surface area contributed by atoms with E-state index in [1.165, 1.54) is 24.6 Å². The third kappa shape index (κ3) is 2.72. The number of aromatic amines is 1. The smallest absolute Gasteiger partial charge is 0.231 e. The maximum absolute atomic E-state index is 13.8. The Hall–Kier alpha value is -2.70. The number of hydrogen-bond donors (Lipinski definition) is 2. The summed E-state index contributed by atoms with van der Waals surface area (Å²) in [6, 6.07) is 4.20. The highest BCUT2D eigenvalue weighted by Crippen LogP contribution is 2.40. The van der Waals surface area contributed by atoms with Crippen molar-refractivity contribution >= 4 is 17.5 Å². The van der Waals surface area contributed by atoms with Gasteiger partial charge in [0.05, 0.1) is 11.6 Å². The van der Waals surface area contributed by atoms with Gasteiger partial charge in [-0.1, -0.05) is 6.42 Å². The average Bonchev–Trinajstić information content (AvgIpc) is 3.02. The molecule has 1 unspecified atom stereocenters. The molecule has 0 saturated heterocycles. The molecule has 6 nitrogen and oxygen atoms in total. The maximum atomic E-state index is 13.8. The monoisotopic (exact) mass is 368 g/mol. The Morgan fingerprint density at radius 2 is 2.15 bits per heavy atom. The number of H-pyrrole nitrogens is 1. The third-order valence-corrected chi connectivity index (χ3v) is 6.12. The van der Waals surface area contributed by atoms with E-state index in [0.717, 1.165) is 36.2 Å². The van der Waals surface area contributed by atoms with E-state index >= 15 is 0 Å². The highest BCUT2D eigenvalue weighted by Gasteiger charge is 2.37. The Morgan fingerprint density at radius 3 is 2.93 bits per heavy atom. The Bertz CT molecular complexity index is 934. The number of rotatable bonds is 2. The molecule has 2 amide bonds. The van der Waals surface area contributed by atoms with Crippen molar-refractivity contribution in [3.05, 3.63) is 46.5 Å². The first-order chi connectivity index (χ1) is 13.1. The Kier molecular flexibility index (Phi) is 3.77. The van der Waals surface area contributed by atoms with Gasteiger partial charge in [-0.05, 0) is 36.6 Å². The minimum absolute atomic E-state index is 0.0551. The molecule has 3 heterocycles. The molecule has 1 atom stereocenters. The molecule has 0 spiro atoms. The molecule has 2 aliphatic heterocycles. The summed E-state index contributed by atoms with van der Waals surface area (Å²) in [7, 11) is 0. The van der Waals surface area contributed by atoms with Crippen molar-refractivity contribution in [1.29, 1.82) is 0 Å². The zero-order valence-electron chi connectivity index (χ0n) is 14.9. The second-order valence-electron chi connectivity index (χ2n) is 7.74. The highest BCUT2D eigenvalue weighted by molar-refractivity contribution is 6.01. The van der Waals surface area contributed by atoms with Crippen molar-refractivity contribution in [1.82, 2.24) is 15.1 Å². The van der Waals surface area contributed by atoms with Gasteiger partial charge in [-0.25, -0.2) is 4.39 Å². The maximum Gasteiger partial charge on any atom is 0.231 e. The van der Waals surface area contributed by atoms with Gasteiger partial charge in [-0.2, -0.15) is 5.10 Å². The first kappa shape index (κ1) is 16.5. The van der Waals surface area contributed by atoms with Crippen LogP contribution in [0.4, 0.5) is 10.1 Å². The Morgan fingerprint density at radius 1 is 1.30 bits per heavy atom. The van der Waals surface area contributed by atoms with Crippen LogP contribution in [0.15, 0.2) is 18.2 Å². The summed E-state index contributed by atoms with van der Waals surface area (Å²) in [5.41, 5.74) is 4.45. The summed E-state index contributed by atoms with van der Waals surface area (Å²) in [6.45, 7) is 1.10. The van der Waals surface area contributed by atoms with Crippen molar-refractivity contribution < 1.29 is 14.0 Å². The van der Waals surface area contributed by atoms with Crippen LogP contribution in [0, 0.1) is 5.82 Å². The number of amides is 2. The van der Waals surface area contributed by atoms with Gasteiger partial charge in [0.1, 0.15) is 5.82 Å². The largest absolute Gasteiger partial charge is 0.337 e. The Labute approximate surface area is 156 Å². The Balaban J connectivity index is 1.43. The molecule has 1 aromatic carbocycles. The molecule has 27 heavy (non-hydrogen) atoms. The minimum atomic E-state index is -0.634. The van der Waals surface area contributed by atoms with Crippen molar-refractivity contribution in [2.75, 3.05) is 11.9 Å². The number of halogens is 1. The van der Waals surface area contributed by atoms with Crippen LogP contribution in [-0.2, 0) is 22.6 Å². The van der Waals surface area contributed by atoms with Crippen LogP contribution in [0.1, 0.15) is 60.0 Å². The second kappa shape index (κ2) is 6.18. The van der Waals surface area contributed by atoms with E-state index in [-0.39, 0.29) is 18.2 Å². The number of hydrogen-bond acceptors (Lipinski definition) is 3. The van der Waals surface area contributed by atoms with Crippen molar-refractivity contribution in [2.24, 2.45) is 0 Å². The molecule has 1 saturated carbocycles. The van der Waals surface area contributed by atoms with E-state index < -0.39 is 11.7 Å². The number of carbonyl (C=O) groups excluding carboxylic acids is 2. The standard InChI is InChI=1S/C20H21FN4O2/c21-12-4-5-16-13(8-12)14(9-18(26)22-16)20(27)25-7-6-17-15(10-25)19(24-23-17)11-2-1-3-11/h4-5,8,11,14H,1-3,6-7,9-10H2,(H,22,26)(H,23,24). The third-order valence-electron chi connectivity index (χ3n) is 6.12. The lowest BCUT2D eigenvalue weighted by molar-refractivity contribution is -0.135. The van der Waals surface area contributed by atoms with Gasteiger partial charge in [0.15, 0.2) is 0 Å². The lowest BCUT2D eigenvalue weighted by Crippen LogP contribution is -2.41. The van der Waals surface area contributed by atoms with Crippen LogP contribution in [0.25, 0.3) is 0 Å². The van der Waals surface area contributed by atoms with Gasteiger partial charge < -0.3 is 10.2 Å². The van der Waals surface area contributed by atoms with Gasteiger partial charge in [-0.3, -0.25) is 14.7 Å². The molecule has 1 fully saturated rings. The summed E-state index contributed by atoms with van der Waals surface area (Å²) >= 11 is 0. The van der Waals surface area contributed by atoms with Crippen molar-refractivity contribution in [2.45, 2.75) is 50.5 Å². The molecule has 1 aromatic heterocycles. The molecule has 140 valence electrons. The molecule has 2 N–H and O–H groups in total. The normalized spacial score (nSPS) is 21.9. The van der Waals surface area contributed by atoms with Crippen LogP contribution < -0.4 is 5.32 Å². The fourth-order valence-corrected chi connectivity index (χ4v) is 4.40. The molecule has 7 heteroatoms. The van der Waals surface area contributed by atoms with Crippen LogP contribution in [0.5, 0.6) is 0 Å². The number of nitrogens with zero attached hydrogens (tertiary/aromatic N) is 2.